The molecule has 8 heteroatoms. The van der Waals surface area contributed by atoms with Crippen molar-refractivity contribution in [1.82, 2.24) is 9.80 Å². The highest BCUT2D eigenvalue weighted by atomic mass is 16.5. The van der Waals surface area contributed by atoms with Gasteiger partial charge in [0, 0.05) is 37.8 Å². The number of aliphatic hydroxyl groups excluding tert-OH is 1. The maximum atomic E-state index is 14.4. The van der Waals surface area contributed by atoms with Crippen molar-refractivity contribution in [2.24, 2.45) is 11.8 Å². The lowest BCUT2D eigenvalue weighted by Crippen LogP contribution is -2.47. The first-order chi connectivity index (χ1) is 21.7. The second-order valence-corrected chi connectivity index (χ2v) is 13.4. The average Bonchev–Trinajstić information content (AvgIpc) is 3.03. The topological polar surface area (TPSA) is 91.3 Å². The molecular formula is C37H55N3O5. The SMILES string of the molecule is C[C@@H]1CCCCO[C@H](CN(C)CC2CCCCC2)[C@H](C)CN([C@@H](C)CO)C(=O)c2cc(NC(=O)Cc3ccccc3)ccc2O1. The van der Waals surface area contributed by atoms with Crippen LogP contribution in [0.4, 0.5) is 5.69 Å². The van der Waals surface area contributed by atoms with E-state index in [4.69, 9.17) is 9.47 Å². The van der Waals surface area contributed by atoms with E-state index in [0.29, 0.717) is 30.2 Å². The van der Waals surface area contributed by atoms with Crippen LogP contribution in [0, 0.1) is 11.8 Å². The number of carbonyl (C=O) groups is 2. The average molecular weight is 622 g/mol. The highest BCUT2D eigenvalue weighted by molar-refractivity contribution is 6.00. The number of fused-ring (bicyclic) bond motifs is 1. The molecule has 0 saturated heterocycles. The third kappa shape index (κ3) is 10.8. The van der Waals surface area contributed by atoms with Gasteiger partial charge in [-0.15, -0.1) is 0 Å². The zero-order valence-corrected chi connectivity index (χ0v) is 27.9. The van der Waals surface area contributed by atoms with Gasteiger partial charge in [0.1, 0.15) is 5.75 Å². The molecule has 1 aliphatic carbocycles. The monoisotopic (exact) mass is 621 g/mol. The Hall–Kier alpha value is -2.94. The number of rotatable bonds is 9. The Morgan fingerprint density at radius 1 is 1.02 bits per heavy atom. The first-order valence-corrected chi connectivity index (χ1v) is 17.1. The Morgan fingerprint density at radius 3 is 2.49 bits per heavy atom. The number of nitrogens with one attached hydrogen (secondary N) is 1. The summed E-state index contributed by atoms with van der Waals surface area (Å²) < 4.78 is 12.9. The van der Waals surface area contributed by atoms with Crippen molar-refractivity contribution < 1.29 is 24.2 Å². The minimum absolute atomic E-state index is 0.0387. The summed E-state index contributed by atoms with van der Waals surface area (Å²) in [7, 11) is 2.19. The molecule has 8 nitrogen and oxygen atoms in total. The Balaban J connectivity index is 1.56. The van der Waals surface area contributed by atoms with E-state index in [2.05, 4.69) is 24.2 Å². The van der Waals surface area contributed by atoms with Gasteiger partial charge in [-0.25, -0.2) is 0 Å². The van der Waals surface area contributed by atoms with E-state index in [9.17, 15) is 14.7 Å². The number of likely N-dealkylation sites (N-methyl/N-ethyl adjacent to an activating group) is 1. The van der Waals surface area contributed by atoms with Crippen LogP contribution < -0.4 is 10.1 Å². The van der Waals surface area contributed by atoms with Gasteiger partial charge < -0.3 is 29.7 Å². The number of benzene rings is 2. The van der Waals surface area contributed by atoms with E-state index in [0.717, 1.165) is 43.8 Å². The van der Waals surface area contributed by atoms with Gasteiger partial charge in [-0.2, -0.15) is 0 Å². The van der Waals surface area contributed by atoms with Gasteiger partial charge >= 0.3 is 0 Å². The zero-order valence-electron chi connectivity index (χ0n) is 27.9. The molecule has 0 spiro atoms. The molecular weight excluding hydrogens is 566 g/mol. The minimum Gasteiger partial charge on any atom is -0.490 e. The summed E-state index contributed by atoms with van der Waals surface area (Å²) in [4.78, 5) is 31.4. The predicted molar refractivity (Wildman–Crippen MR) is 180 cm³/mol. The maximum absolute atomic E-state index is 14.4. The first-order valence-electron chi connectivity index (χ1n) is 17.1. The first kappa shape index (κ1) is 34.9. The van der Waals surface area contributed by atoms with Crippen molar-refractivity contribution >= 4 is 17.5 Å². The van der Waals surface area contributed by atoms with Crippen LogP contribution in [0.5, 0.6) is 5.75 Å². The molecule has 0 bridgehead atoms. The molecule has 248 valence electrons. The molecule has 0 aromatic heterocycles. The fourth-order valence-electron chi connectivity index (χ4n) is 6.64. The van der Waals surface area contributed by atoms with Gasteiger partial charge in [0.05, 0.1) is 36.8 Å². The number of aliphatic hydroxyl groups is 1. The lowest BCUT2D eigenvalue weighted by Gasteiger charge is -2.36. The fraction of sp³-hybridized carbons (Fsp3) is 0.622. The molecule has 1 saturated carbocycles. The molecule has 2 aromatic carbocycles. The predicted octanol–water partition coefficient (Wildman–Crippen LogP) is 6.18. The maximum Gasteiger partial charge on any atom is 0.258 e. The van der Waals surface area contributed by atoms with Crippen LogP contribution in [0.1, 0.15) is 88.1 Å². The molecule has 0 unspecified atom stereocenters. The summed E-state index contributed by atoms with van der Waals surface area (Å²) in [5, 5.41) is 13.2. The molecule has 2 amide bonds. The number of anilines is 1. The van der Waals surface area contributed by atoms with Gasteiger partial charge in [-0.05, 0) is 82.7 Å². The van der Waals surface area contributed by atoms with E-state index in [1.807, 2.05) is 44.2 Å². The van der Waals surface area contributed by atoms with Crippen molar-refractivity contribution in [3.63, 3.8) is 0 Å². The molecule has 1 heterocycles. The van der Waals surface area contributed by atoms with Crippen LogP contribution in [-0.2, 0) is 16.0 Å². The summed E-state index contributed by atoms with van der Waals surface area (Å²) in [6, 6.07) is 14.5. The molecule has 4 atom stereocenters. The number of hydrogen-bond donors (Lipinski definition) is 2. The molecule has 4 rings (SSSR count). The number of amides is 2. The Morgan fingerprint density at radius 2 is 1.76 bits per heavy atom. The Labute approximate surface area is 270 Å². The highest BCUT2D eigenvalue weighted by Crippen LogP contribution is 2.29. The largest absolute Gasteiger partial charge is 0.490 e. The summed E-state index contributed by atoms with van der Waals surface area (Å²) in [6.45, 7) is 8.86. The van der Waals surface area contributed by atoms with Crippen molar-refractivity contribution in [1.29, 1.82) is 0 Å². The van der Waals surface area contributed by atoms with Gasteiger partial charge in [-0.1, -0.05) is 56.5 Å². The lowest BCUT2D eigenvalue weighted by atomic mass is 9.89. The molecule has 45 heavy (non-hydrogen) atoms. The summed E-state index contributed by atoms with van der Waals surface area (Å²) >= 11 is 0. The quantitative estimate of drug-likeness (QED) is 0.348. The molecule has 0 radical (unpaired) electrons. The number of hydrogen-bond acceptors (Lipinski definition) is 6. The molecule has 1 fully saturated rings. The van der Waals surface area contributed by atoms with Gasteiger partial charge in [-0.3, -0.25) is 9.59 Å². The van der Waals surface area contributed by atoms with E-state index in [1.54, 1.807) is 23.1 Å². The smallest absolute Gasteiger partial charge is 0.258 e. The molecule has 2 aliphatic rings. The van der Waals surface area contributed by atoms with Gasteiger partial charge in [0.2, 0.25) is 5.91 Å². The van der Waals surface area contributed by atoms with E-state index < -0.39 is 6.04 Å². The van der Waals surface area contributed by atoms with Crippen LogP contribution in [0.25, 0.3) is 0 Å². The van der Waals surface area contributed by atoms with E-state index in [1.165, 1.54) is 32.1 Å². The molecule has 2 N–H and O–H groups in total. The molecule has 1 aliphatic heterocycles. The van der Waals surface area contributed by atoms with Crippen molar-refractivity contribution in [2.75, 3.05) is 45.2 Å². The molecule has 2 aromatic rings. The number of carbonyl (C=O) groups excluding carboxylic acids is 2. The minimum atomic E-state index is -0.407. The summed E-state index contributed by atoms with van der Waals surface area (Å²) in [5.74, 6) is 0.891. The van der Waals surface area contributed by atoms with Crippen molar-refractivity contribution in [3.05, 3.63) is 59.7 Å². The third-order valence-corrected chi connectivity index (χ3v) is 9.33. The van der Waals surface area contributed by atoms with Gasteiger partial charge in [0.25, 0.3) is 5.91 Å². The van der Waals surface area contributed by atoms with Crippen LogP contribution in [0.3, 0.4) is 0 Å². The third-order valence-electron chi connectivity index (χ3n) is 9.33. The second kappa shape index (κ2) is 17.7. The summed E-state index contributed by atoms with van der Waals surface area (Å²) in [6.07, 6.45) is 9.45. The van der Waals surface area contributed by atoms with Crippen LogP contribution in [0.2, 0.25) is 0 Å². The Kier molecular flexibility index (Phi) is 13.7. The lowest BCUT2D eigenvalue weighted by molar-refractivity contribution is -0.115. The highest BCUT2D eigenvalue weighted by Gasteiger charge is 2.31. The standard InChI is InChI=1S/C37H55N3O5/c1-27-23-40(28(2)26-41)37(43)33-22-32(38-36(42)21-30-14-7-5-8-15-30)18-19-34(33)45-29(3)13-11-12-20-44-35(27)25-39(4)24-31-16-9-6-10-17-31/h5,7-8,14-15,18-19,22,27-29,31,35,41H,6,9-13,16-17,20-21,23-26H2,1-4H3,(H,38,42)/t27-,28+,29-,35-/m1/s1. The Bertz CT molecular complexity index is 1200. The van der Waals surface area contributed by atoms with Crippen LogP contribution in [-0.4, -0.2) is 84.9 Å². The fourth-order valence-corrected chi connectivity index (χ4v) is 6.64. The van der Waals surface area contributed by atoms with Crippen molar-refractivity contribution in [2.45, 2.75) is 96.8 Å². The number of ether oxygens (including phenoxy) is 2. The second-order valence-electron chi connectivity index (χ2n) is 13.4. The van der Waals surface area contributed by atoms with Gasteiger partial charge in [0.15, 0.2) is 0 Å². The van der Waals surface area contributed by atoms with E-state index >= 15 is 0 Å². The normalized spacial score (nSPS) is 23.1. The van der Waals surface area contributed by atoms with Crippen LogP contribution in [0.15, 0.2) is 48.5 Å². The van der Waals surface area contributed by atoms with E-state index in [-0.39, 0.29) is 43.0 Å². The number of nitrogens with zero attached hydrogens (tertiary/aromatic N) is 2. The van der Waals surface area contributed by atoms with Crippen LogP contribution >= 0.6 is 0 Å². The summed E-state index contributed by atoms with van der Waals surface area (Å²) in [5.41, 5.74) is 1.84. The zero-order chi connectivity index (χ0) is 32.2. The van der Waals surface area contributed by atoms with Crippen molar-refractivity contribution in [3.8, 4) is 5.75 Å².